The van der Waals surface area contributed by atoms with E-state index in [1.54, 1.807) is 0 Å². The summed E-state index contributed by atoms with van der Waals surface area (Å²) in [5.74, 6) is 1.33. The van der Waals surface area contributed by atoms with Crippen molar-refractivity contribution in [3.05, 3.63) is 35.1 Å². The molecule has 0 aliphatic heterocycles. The maximum atomic E-state index is 13.2. The second-order valence-electron chi connectivity index (χ2n) is 4.64. The van der Waals surface area contributed by atoms with Gasteiger partial charge in [-0.2, -0.15) is 0 Å². The first-order valence-electron chi connectivity index (χ1n) is 5.84. The zero-order valence-corrected chi connectivity index (χ0v) is 11.2. The molecule has 1 unspecified atom stereocenters. The molecule has 2 N–H and O–H groups in total. The maximum absolute atomic E-state index is 13.2. The third kappa shape index (κ3) is 5.41. The van der Waals surface area contributed by atoms with Gasteiger partial charge in [0, 0.05) is 28.9 Å². The molecule has 96 valence electrons. The molecular formula is C13H20FNOS. The minimum atomic E-state index is -0.918. The molecule has 0 bridgehead atoms. The Kier molecular flexibility index (Phi) is 5.78. The van der Waals surface area contributed by atoms with Gasteiger partial charge in [0.1, 0.15) is 5.82 Å². The van der Waals surface area contributed by atoms with E-state index in [1.165, 1.54) is 12.1 Å². The molecular weight excluding hydrogens is 237 g/mol. The van der Waals surface area contributed by atoms with Crippen LogP contribution in [0.15, 0.2) is 18.2 Å². The van der Waals surface area contributed by atoms with Crippen molar-refractivity contribution < 1.29 is 8.60 Å². The molecule has 0 saturated heterocycles. The number of benzene rings is 1. The molecule has 0 amide bonds. The predicted octanol–water partition coefficient (Wildman–Crippen LogP) is 2.58. The molecule has 0 fully saturated rings. The van der Waals surface area contributed by atoms with Crippen LogP contribution < -0.4 is 5.73 Å². The zero-order chi connectivity index (χ0) is 12.8. The Balaban J connectivity index is 2.61. The maximum Gasteiger partial charge on any atom is 0.123 e. The van der Waals surface area contributed by atoms with Crippen LogP contribution in [0.1, 0.15) is 31.4 Å². The van der Waals surface area contributed by atoms with Gasteiger partial charge in [0.25, 0.3) is 0 Å². The Hall–Kier alpha value is -0.740. The lowest BCUT2D eigenvalue weighted by Crippen LogP contribution is -2.05. The van der Waals surface area contributed by atoms with E-state index in [9.17, 15) is 8.60 Å². The van der Waals surface area contributed by atoms with Gasteiger partial charge in [-0.05, 0) is 35.6 Å². The summed E-state index contributed by atoms with van der Waals surface area (Å²) in [7, 11) is -0.918. The van der Waals surface area contributed by atoms with Gasteiger partial charge in [0.15, 0.2) is 0 Å². The monoisotopic (exact) mass is 257 g/mol. The molecule has 4 heteroatoms. The fourth-order valence-electron chi connectivity index (χ4n) is 1.54. The number of hydrogen-bond donors (Lipinski definition) is 1. The molecule has 0 aliphatic carbocycles. The van der Waals surface area contributed by atoms with E-state index in [1.807, 2.05) is 6.07 Å². The van der Waals surface area contributed by atoms with Crippen LogP contribution in [0.5, 0.6) is 0 Å². The van der Waals surface area contributed by atoms with Crippen molar-refractivity contribution in [1.82, 2.24) is 0 Å². The SMILES string of the molecule is CC(C)CCS(=O)Cc1cc(F)cc(CN)c1. The van der Waals surface area contributed by atoms with Crippen molar-refractivity contribution in [2.24, 2.45) is 11.7 Å². The smallest absolute Gasteiger partial charge is 0.123 e. The van der Waals surface area contributed by atoms with E-state index in [4.69, 9.17) is 5.73 Å². The minimum Gasteiger partial charge on any atom is -0.326 e. The summed E-state index contributed by atoms with van der Waals surface area (Å²) in [6.45, 7) is 4.52. The minimum absolute atomic E-state index is 0.302. The van der Waals surface area contributed by atoms with Crippen LogP contribution >= 0.6 is 0 Å². The summed E-state index contributed by atoms with van der Waals surface area (Å²) < 4.78 is 25.0. The van der Waals surface area contributed by atoms with Gasteiger partial charge in [-0.1, -0.05) is 19.9 Å². The molecule has 1 atom stereocenters. The normalized spacial score (nSPS) is 13.0. The van der Waals surface area contributed by atoms with Crippen LogP contribution in [0.25, 0.3) is 0 Å². The predicted molar refractivity (Wildman–Crippen MR) is 70.5 cm³/mol. The summed E-state index contributed by atoms with van der Waals surface area (Å²) in [5.41, 5.74) is 7.00. The summed E-state index contributed by atoms with van der Waals surface area (Å²) in [6, 6.07) is 4.68. The number of rotatable bonds is 6. The van der Waals surface area contributed by atoms with Crippen LogP contribution in [0, 0.1) is 11.7 Å². The Morgan fingerprint density at radius 2 is 1.94 bits per heavy atom. The van der Waals surface area contributed by atoms with E-state index in [-0.39, 0.29) is 5.82 Å². The largest absolute Gasteiger partial charge is 0.326 e. The molecule has 0 spiro atoms. The van der Waals surface area contributed by atoms with Crippen LogP contribution in [-0.2, 0) is 23.1 Å². The van der Waals surface area contributed by atoms with Gasteiger partial charge in [0.2, 0.25) is 0 Å². The fourth-order valence-corrected chi connectivity index (χ4v) is 2.96. The van der Waals surface area contributed by atoms with Crippen molar-refractivity contribution in [3.8, 4) is 0 Å². The van der Waals surface area contributed by atoms with E-state index < -0.39 is 10.8 Å². The third-order valence-electron chi connectivity index (χ3n) is 2.50. The summed E-state index contributed by atoms with van der Waals surface area (Å²) in [4.78, 5) is 0. The van der Waals surface area contributed by atoms with Crippen molar-refractivity contribution >= 4 is 10.8 Å². The summed E-state index contributed by atoms with van der Waals surface area (Å²) >= 11 is 0. The summed E-state index contributed by atoms with van der Waals surface area (Å²) in [5, 5.41) is 0. The van der Waals surface area contributed by atoms with Crippen LogP contribution in [0.4, 0.5) is 4.39 Å². The molecule has 17 heavy (non-hydrogen) atoms. The first-order valence-corrected chi connectivity index (χ1v) is 7.33. The molecule has 1 aromatic carbocycles. The second kappa shape index (κ2) is 6.87. The topological polar surface area (TPSA) is 43.1 Å². The lowest BCUT2D eigenvalue weighted by atomic mass is 10.1. The molecule has 0 aliphatic rings. The van der Waals surface area contributed by atoms with Crippen molar-refractivity contribution in [1.29, 1.82) is 0 Å². The molecule has 2 nitrogen and oxygen atoms in total. The van der Waals surface area contributed by atoms with Gasteiger partial charge in [-0.3, -0.25) is 4.21 Å². The molecule has 0 radical (unpaired) electrons. The first-order chi connectivity index (χ1) is 8.01. The van der Waals surface area contributed by atoms with Gasteiger partial charge < -0.3 is 5.73 Å². The van der Waals surface area contributed by atoms with Gasteiger partial charge in [-0.25, -0.2) is 4.39 Å². The Bertz CT molecular complexity index is 393. The Morgan fingerprint density at radius 3 is 2.53 bits per heavy atom. The van der Waals surface area contributed by atoms with Crippen molar-refractivity contribution in [2.75, 3.05) is 5.75 Å². The number of halogens is 1. The van der Waals surface area contributed by atoms with Crippen molar-refractivity contribution in [2.45, 2.75) is 32.6 Å². The highest BCUT2D eigenvalue weighted by atomic mass is 32.2. The molecule has 1 aromatic rings. The highest BCUT2D eigenvalue weighted by Gasteiger charge is 2.06. The highest BCUT2D eigenvalue weighted by molar-refractivity contribution is 7.84. The Labute approximate surface area is 105 Å². The second-order valence-corrected chi connectivity index (χ2v) is 6.22. The average molecular weight is 257 g/mol. The molecule has 1 rings (SSSR count). The lowest BCUT2D eigenvalue weighted by Gasteiger charge is -2.07. The molecule has 0 aromatic heterocycles. The number of hydrogen-bond acceptors (Lipinski definition) is 2. The number of nitrogens with two attached hydrogens (primary N) is 1. The van der Waals surface area contributed by atoms with Crippen molar-refractivity contribution in [3.63, 3.8) is 0 Å². The van der Waals surface area contributed by atoms with E-state index in [0.29, 0.717) is 24.0 Å². The molecule has 0 saturated carbocycles. The average Bonchev–Trinajstić information content (AvgIpc) is 2.25. The highest BCUT2D eigenvalue weighted by Crippen LogP contribution is 2.12. The zero-order valence-electron chi connectivity index (χ0n) is 10.4. The van der Waals surface area contributed by atoms with Crippen LogP contribution in [0.3, 0.4) is 0 Å². The van der Waals surface area contributed by atoms with E-state index in [0.717, 1.165) is 17.5 Å². The molecule has 0 heterocycles. The lowest BCUT2D eigenvalue weighted by molar-refractivity contribution is 0.617. The summed E-state index contributed by atoms with van der Waals surface area (Å²) in [6.07, 6.45) is 0.936. The van der Waals surface area contributed by atoms with E-state index >= 15 is 0 Å². The quantitative estimate of drug-likeness (QED) is 0.851. The van der Waals surface area contributed by atoms with Crippen LogP contribution in [0.2, 0.25) is 0 Å². The fraction of sp³-hybridized carbons (Fsp3) is 0.538. The Morgan fingerprint density at radius 1 is 1.29 bits per heavy atom. The van der Waals surface area contributed by atoms with Gasteiger partial charge in [-0.15, -0.1) is 0 Å². The first kappa shape index (κ1) is 14.3. The van der Waals surface area contributed by atoms with E-state index in [2.05, 4.69) is 13.8 Å². The standard InChI is InChI=1S/C13H20FNOS/c1-10(2)3-4-17(16)9-12-5-11(8-15)6-13(14)7-12/h5-7,10H,3-4,8-9,15H2,1-2H3. The van der Waals surface area contributed by atoms with Crippen LogP contribution in [-0.4, -0.2) is 9.96 Å². The van der Waals surface area contributed by atoms with Gasteiger partial charge >= 0.3 is 0 Å². The third-order valence-corrected chi connectivity index (χ3v) is 3.85. The van der Waals surface area contributed by atoms with Gasteiger partial charge in [0.05, 0.1) is 0 Å².